The molecule has 2 heterocycles. The minimum Gasteiger partial charge on any atom is -0.459 e. The van der Waals surface area contributed by atoms with E-state index in [4.69, 9.17) is 4.74 Å². The zero-order valence-corrected chi connectivity index (χ0v) is 19.6. The molecule has 0 spiro atoms. The molecule has 0 atom stereocenters. The van der Waals surface area contributed by atoms with Crippen molar-refractivity contribution < 1.29 is 19.1 Å². The van der Waals surface area contributed by atoms with Crippen LogP contribution in [0.5, 0.6) is 0 Å². The summed E-state index contributed by atoms with van der Waals surface area (Å²) in [6.45, 7) is 6.27. The van der Waals surface area contributed by atoms with Gasteiger partial charge in [-0.3, -0.25) is 19.7 Å². The van der Waals surface area contributed by atoms with Crippen molar-refractivity contribution in [1.29, 1.82) is 0 Å². The highest BCUT2D eigenvalue weighted by Gasteiger charge is 2.23. The number of nitrogens with one attached hydrogen (secondary N) is 1. The van der Waals surface area contributed by atoms with Crippen LogP contribution in [0, 0.1) is 0 Å². The third-order valence-electron chi connectivity index (χ3n) is 3.76. The van der Waals surface area contributed by atoms with Crippen LogP contribution in [-0.4, -0.2) is 71.9 Å². The first kappa shape index (κ1) is 24.0. The Hall–Kier alpha value is -2.30. The quantitative estimate of drug-likeness (QED) is 0.588. The lowest BCUT2D eigenvalue weighted by Crippen LogP contribution is -2.42. The molecule has 0 unspecified atom stereocenters. The van der Waals surface area contributed by atoms with Gasteiger partial charge in [-0.1, -0.05) is 6.07 Å². The highest BCUT2D eigenvalue weighted by molar-refractivity contribution is 7.14. The molecule has 0 aliphatic rings. The molecule has 0 saturated carbocycles. The predicted molar refractivity (Wildman–Crippen MR) is 119 cm³/mol. The SMILES string of the molecule is CN(C)CCN(CC(=O)OC(C)(C)C)C(=O)Cc1csc(NC(=O)c2cccs2)n1. The number of hydrogen-bond donors (Lipinski definition) is 1. The summed E-state index contributed by atoms with van der Waals surface area (Å²) in [5, 5.41) is 6.73. The first-order chi connectivity index (χ1) is 14.0. The predicted octanol–water partition coefficient (Wildman–Crippen LogP) is 2.73. The van der Waals surface area contributed by atoms with Crippen LogP contribution < -0.4 is 5.32 Å². The maximum Gasteiger partial charge on any atom is 0.326 e. The Bertz CT molecular complexity index is 857. The van der Waals surface area contributed by atoms with Crippen molar-refractivity contribution in [1.82, 2.24) is 14.8 Å². The maximum atomic E-state index is 12.8. The number of rotatable bonds is 9. The summed E-state index contributed by atoms with van der Waals surface area (Å²) in [6, 6.07) is 3.54. The van der Waals surface area contributed by atoms with Gasteiger partial charge in [0, 0.05) is 18.5 Å². The Morgan fingerprint density at radius 2 is 1.90 bits per heavy atom. The third kappa shape index (κ3) is 8.21. The lowest BCUT2D eigenvalue weighted by Gasteiger charge is -2.26. The molecule has 0 radical (unpaired) electrons. The molecule has 2 aromatic rings. The molecule has 2 amide bonds. The molecule has 2 aromatic heterocycles. The van der Waals surface area contributed by atoms with E-state index in [0.717, 1.165) is 0 Å². The number of aromatic nitrogens is 1. The van der Waals surface area contributed by atoms with Gasteiger partial charge in [0.2, 0.25) is 5.91 Å². The van der Waals surface area contributed by atoms with Crippen LogP contribution in [0.3, 0.4) is 0 Å². The fraction of sp³-hybridized carbons (Fsp3) is 0.500. The van der Waals surface area contributed by atoms with E-state index in [1.807, 2.05) is 24.4 Å². The highest BCUT2D eigenvalue weighted by Crippen LogP contribution is 2.19. The Morgan fingerprint density at radius 3 is 2.50 bits per heavy atom. The maximum absolute atomic E-state index is 12.8. The standard InChI is InChI=1S/C20H28N4O4S2/c1-20(2,3)28-17(26)12-24(9-8-23(4)5)16(25)11-14-13-30-19(21-14)22-18(27)15-7-6-10-29-15/h6-7,10,13H,8-9,11-12H2,1-5H3,(H,21,22,27). The fourth-order valence-corrected chi connectivity index (χ4v) is 3.75. The number of ether oxygens (including phenoxy) is 1. The van der Waals surface area contributed by atoms with Crippen LogP contribution in [0.15, 0.2) is 22.9 Å². The number of hydrogen-bond acceptors (Lipinski definition) is 8. The average Bonchev–Trinajstić information content (AvgIpc) is 3.28. The Labute approximate surface area is 184 Å². The van der Waals surface area contributed by atoms with Crippen LogP contribution in [-0.2, 0) is 20.7 Å². The third-order valence-corrected chi connectivity index (χ3v) is 5.43. The highest BCUT2D eigenvalue weighted by atomic mass is 32.1. The molecule has 0 fully saturated rings. The molecular formula is C20H28N4O4S2. The second-order valence-electron chi connectivity index (χ2n) is 7.96. The van der Waals surface area contributed by atoms with E-state index in [2.05, 4.69) is 10.3 Å². The molecule has 2 rings (SSSR count). The number of amides is 2. The van der Waals surface area contributed by atoms with Crippen LogP contribution >= 0.6 is 22.7 Å². The van der Waals surface area contributed by atoms with Crippen LogP contribution in [0.2, 0.25) is 0 Å². The van der Waals surface area contributed by atoms with E-state index < -0.39 is 11.6 Å². The molecule has 1 N–H and O–H groups in total. The van der Waals surface area contributed by atoms with Crippen molar-refractivity contribution in [3.05, 3.63) is 33.5 Å². The van der Waals surface area contributed by atoms with Gasteiger partial charge in [0.05, 0.1) is 17.0 Å². The molecule has 30 heavy (non-hydrogen) atoms. The number of carbonyl (C=O) groups is 3. The first-order valence-corrected chi connectivity index (χ1v) is 11.2. The number of thiophene rings is 1. The number of nitrogens with zero attached hydrogens (tertiary/aromatic N) is 3. The molecule has 164 valence electrons. The number of thiazole rings is 1. The molecule has 0 aromatic carbocycles. The van der Waals surface area contributed by atoms with Crippen molar-refractivity contribution in [3.63, 3.8) is 0 Å². The van der Waals surface area contributed by atoms with E-state index >= 15 is 0 Å². The molecule has 10 heteroatoms. The minimum atomic E-state index is -0.613. The monoisotopic (exact) mass is 452 g/mol. The van der Waals surface area contributed by atoms with E-state index in [1.165, 1.54) is 27.6 Å². The normalized spacial score (nSPS) is 11.4. The summed E-state index contributed by atoms with van der Waals surface area (Å²) < 4.78 is 5.35. The van der Waals surface area contributed by atoms with E-state index in [0.29, 0.717) is 28.8 Å². The van der Waals surface area contributed by atoms with Crippen molar-refractivity contribution in [2.75, 3.05) is 39.0 Å². The summed E-state index contributed by atoms with van der Waals surface area (Å²) in [7, 11) is 3.80. The summed E-state index contributed by atoms with van der Waals surface area (Å²) in [4.78, 5) is 45.5. The lowest BCUT2D eigenvalue weighted by molar-refractivity contribution is -0.158. The molecule has 0 saturated heterocycles. The lowest BCUT2D eigenvalue weighted by atomic mass is 10.2. The second-order valence-corrected chi connectivity index (χ2v) is 9.76. The van der Waals surface area contributed by atoms with E-state index in [1.54, 1.807) is 38.3 Å². The number of anilines is 1. The Morgan fingerprint density at radius 1 is 1.17 bits per heavy atom. The summed E-state index contributed by atoms with van der Waals surface area (Å²) in [5.74, 6) is -0.893. The molecule has 8 nitrogen and oxygen atoms in total. The van der Waals surface area contributed by atoms with Gasteiger partial charge >= 0.3 is 5.97 Å². The summed E-state index contributed by atoms with van der Waals surface area (Å²) in [5.41, 5.74) is -0.0664. The average molecular weight is 453 g/mol. The van der Waals surface area contributed by atoms with Crippen molar-refractivity contribution in [2.45, 2.75) is 32.8 Å². The summed E-state index contributed by atoms with van der Waals surface area (Å²) >= 11 is 2.60. The van der Waals surface area contributed by atoms with Gasteiger partial charge in [-0.2, -0.15) is 0 Å². The zero-order valence-electron chi connectivity index (χ0n) is 17.9. The number of likely N-dealkylation sites (N-methyl/N-ethyl adjacent to an activating group) is 1. The second kappa shape index (κ2) is 10.6. The fourth-order valence-electron chi connectivity index (χ4n) is 2.42. The smallest absolute Gasteiger partial charge is 0.326 e. The van der Waals surface area contributed by atoms with Crippen molar-refractivity contribution in [2.24, 2.45) is 0 Å². The first-order valence-electron chi connectivity index (χ1n) is 9.47. The topological polar surface area (TPSA) is 91.8 Å². The molecular weight excluding hydrogens is 424 g/mol. The molecule has 0 bridgehead atoms. The zero-order chi connectivity index (χ0) is 22.3. The molecule has 0 aliphatic heterocycles. The van der Waals surface area contributed by atoms with Crippen molar-refractivity contribution in [3.8, 4) is 0 Å². The van der Waals surface area contributed by atoms with E-state index in [9.17, 15) is 14.4 Å². The summed E-state index contributed by atoms with van der Waals surface area (Å²) in [6.07, 6.45) is 0.0433. The van der Waals surface area contributed by atoms with Gasteiger partial charge in [0.15, 0.2) is 5.13 Å². The number of carbonyl (C=O) groups excluding carboxylic acids is 3. The van der Waals surface area contributed by atoms with Gasteiger partial charge in [0.1, 0.15) is 12.1 Å². The van der Waals surface area contributed by atoms with Gasteiger partial charge < -0.3 is 14.5 Å². The van der Waals surface area contributed by atoms with Crippen LogP contribution in [0.1, 0.15) is 36.1 Å². The van der Waals surface area contributed by atoms with Gasteiger partial charge in [-0.15, -0.1) is 22.7 Å². The minimum absolute atomic E-state index is 0.0433. The van der Waals surface area contributed by atoms with Gasteiger partial charge in [-0.25, -0.2) is 4.98 Å². The van der Waals surface area contributed by atoms with Gasteiger partial charge in [-0.05, 0) is 46.3 Å². The van der Waals surface area contributed by atoms with Gasteiger partial charge in [0.25, 0.3) is 5.91 Å². The van der Waals surface area contributed by atoms with Crippen molar-refractivity contribution >= 4 is 45.6 Å². The Kier molecular flexibility index (Phi) is 8.51. The van der Waals surface area contributed by atoms with Crippen LogP contribution in [0.4, 0.5) is 5.13 Å². The van der Waals surface area contributed by atoms with E-state index in [-0.39, 0.29) is 24.8 Å². The Balaban J connectivity index is 1.99. The number of esters is 1. The largest absolute Gasteiger partial charge is 0.459 e. The molecule has 0 aliphatic carbocycles. The van der Waals surface area contributed by atoms with Crippen LogP contribution in [0.25, 0.3) is 0 Å².